The summed E-state index contributed by atoms with van der Waals surface area (Å²) >= 11 is 0. The van der Waals surface area contributed by atoms with Gasteiger partial charge in [0.05, 0.1) is 34.2 Å². The third-order valence-corrected chi connectivity index (χ3v) is 12.0. The highest BCUT2D eigenvalue weighted by Crippen LogP contribution is 2.37. The molecular weight excluding hydrogens is 645 g/mol. The van der Waals surface area contributed by atoms with Gasteiger partial charge < -0.3 is 19.8 Å². The molecule has 0 radical (unpaired) electrons. The summed E-state index contributed by atoms with van der Waals surface area (Å²) in [5, 5.41) is 2.35. The predicted molar refractivity (Wildman–Crippen MR) is 210 cm³/mol. The molecule has 2 aliphatic heterocycles. The molecule has 8 heteroatoms. The zero-order valence-electron chi connectivity index (χ0n) is 31.2. The summed E-state index contributed by atoms with van der Waals surface area (Å²) in [5.74, 6) is 2.85. The third-order valence-electron chi connectivity index (χ3n) is 12.0. The molecular formula is C44H50N6O2. The summed E-state index contributed by atoms with van der Waals surface area (Å²) in [6.45, 7) is 14.1. The minimum absolute atomic E-state index is 0.000740. The van der Waals surface area contributed by atoms with Crippen molar-refractivity contribution in [2.75, 3.05) is 13.1 Å². The van der Waals surface area contributed by atoms with Crippen LogP contribution in [0.4, 0.5) is 0 Å². The van der Waals surface area contributed by atoms with Crippen LogP contribution in [0.5, 0.6) is 0 Å². The molecule has 2 fully saturated rings. The van der Waals surface area contributed by atoms with Crippen molar-refractivity contribution >= 4 is 44.7 Å². The Morgan fingerprint density at radius 1 is 0.577 bits per heavy atom. The Kier molecular flexibility index (Phi) is 8.88. The zero-order valence-corrected chi connectivity index (χ0v) is 31.2. The normalized spacial score (nSPS) is 19.2. The number of aromatic nitrogens is 4. The average molecular weight is 695 g/mol. The van der Waals surface area contributed by atoms with Gasteiger partial charge in [0.1, 0.15) is 11.6 Å². The fourth-order valence-electron chi connectivity index (χ4n) is 8.05. The van der Waals surface area contributed by atoms with Crippen molar-refractivity contribution in [3.63, 3.8) is 0 Å². The van der Waals surface area contributed by atoms with E-state index in [1.807, 2.05) is 23.6 Å². The van der Waals surface area contributed by atoms with Crippen LogP contribution < -0.4 is 0 Å². The van der Waals surface area contributed by atoms with Crippen molar-refractivity contribution < 1.29 is 9.59 Å². The predicted octanol–water partition coefficient (Wildman–Crippen LogP) is 9.84. The highest BCUT2D eigenvalue weighted by Gasteiger charge is 2.36. The van der Waals surface area contributed by atoms with Crippen molar-refractivity contribution in [2.45, 2.75) is 79.3 Å². The van der Waals surface area contributed by atoms with Crippen LogP contribution in [0, 0.1) is 23.7 Å². The van der Waals surface area contributed by atoms with E-state index in [0.29, 0.717) is 11.8 Å². The molecule has 0 unspecified atom stereocenters. The second-order valence-corrected chi connectivity index (χ2v) is 15.9. The SMILES string of the molecule is CC(C)[C@@H](C)C(=O)N1CCC[C@H]1c1nc2cc(-c3ccc4cc(-c5ccc6[nH]c([C@@H]7CCCN7C(=O)[C@H](C)C(C)C)nc6c5)ccc4c3)ccc2[nH]1. The maximum Gasteiger partial charge on any atom is 0.226 e. The number of nitrogens with zero attached hydrogens (tertiary/aromatic N) is 4. The number of likely N-dealkylation sites (tertiary alicyclic amines) is 2. The van der Waals surface area contributed by atoms with Crippen LogP contribution in [0.3, 0.4) is 0 Å². The summed E-state index contributed by atoms with van der Waals surface area (Å²) in [7, 11) is 0. The highest BCUT2D eigenvalue weighted by molar-refractivity contribution is 5.93. The molecule has 4 atom stereocenters. The molecule has 0 aliphatic carbocycles. The lowest BCUT2D eigenvalue weighted by Gasteiger charge is -2.27. The fourth-order valence-corrected chi connectivity index (χ4v) is 8.05. The topological polar surface area (TPSA) is 98.0 Å². The molecule has 0 saturated carbocycles. The largest absolute Gasteiger partial charge is 0.340 e. The minimum atomic E-state index is -0.000740. The van der Waals surface area contributed by atoms with Gasteiger partial charge in [-0.2, -0.15) is 0 Å². The molecule has 8 rings (SSSR count). The molecule has 2 amide bonds. The van der Waals surface area contributed by atoms with Crippen LogP contribution in [0.2, 0.25) is 0 Å². The Labute approximate surface area is 306 Å². The van der Waals surface area contributed by atoms with Gasteiger partial charge in [0.2, 0.25) is 11.8 Å². The van der Waals surface area contributed by atoms with Gasteiger partial charge in [-0.15, -0.1) is 0 Å². The van der Waals surface area contributed by atoms with Crippen molar-refractivity contribution in [3.05, 3.63) is 84.4 Å². The number of aromatic amines is 2. The van der Waals surface area contributed by atoms with Crippen LogP contribution in [0.1, 0.15) is 91.0 Å². The maximum absolute atomic E-state index is 13.3. The molecule has 8 nitrogen and oxygen atoms in total. The highest BCUT2D eigenvalue weighted by atomic mass is 16.2. The van der Waals surface area contributed by atoms with Crippen molar-refractivity contribution in [2.24, 2.45) is 23.7 Å². The summed E-state index contributed by atoms with van der Waals surface area (Å²) in [6, 6.07) is 26.1. The van der Waals surface area contributed by atoms with Gasteiger partial charge >= 0.3 is 0 Å². The fraction of sp³-hybridized carbons (Fsp3) is 0.409. The number of hydrogen-bond donors (Lipinski definition) is 2. The average Bonchev–Trinajstić information content (AvgIpc) is 3.97. The number of nitrogens with one attached hydrogen (secondary N) is 2. The van der Waals surface area contributed by atoms with Crippen LogP contribution in [-0.4, -0.2) is 54.6 Å². The van der Waals surface area contributed by atoms with E-state index in [9.17, 15) is 9.59 Å². The molecule has 268 valence electrons. The second-order valence-electron chi connectivity index (χ2n) is 15.9. The van der Waals surface area contributed by atoms with Gasteiger partial charge in [-0.3, -0.25) is 9.59 Å². The zero-order chi connectivity index (χ0) is 36.3. The standard InChI is InChI=1S/C44H50N6O2/c1-25(2)27(5)43(51)49-19-7-9-39(49)41-45-35-17-15-33(23-37(35)47-41)31-13-11-30-22-32(14-12-29(30)21-31)34-16-18-36-38(24-34)48-42(46-36)40-10-8-20-50(40)44(52)28(6)26(3)4/h11-18,21-28,39-40H,7-10,19-20H2,1-6H3,(H,45,47)(H,46,48)/t27-,28-,39+,40+/m1/s1. The van der Waals surface area contributed by atoms with Crippen LogP contribution >= 0.6 is 0 Å². The number of H-pyrrole nitrogens is 2. The molecule has 4 heterocycles. The molecule has 2 aliphatic rings. The minimum Gasteiger partial charge on any atom is -0.340 e. The monoisotopic (exact) mass is 694 g/mol. The summed E-state index contributed by atoms with van der Waals surface area (Å²) in [5.41, 5.74) is 8.36. The first kappa shape index (κ1) is 34.1. The summed E-state index contributed by atoms with van der Waals surface area (Å²) < 4.78 is 0. The Bertz CT molecular complexity index is 2140. The number of rotatable bonds is 8. The van der Waals surface area contributed by atoms with Gasteiger partial charge in [-0.1, -0.05) is 77.9 Å². The van der Waals surface area contributed by atoms with E-state index in [1.54, 1.807) is 0 Å². The Morgan fingerprint density at radius 3 is 1.37 bits per heavy atom. The van der Waals surface area contributed by atoms with E-state index >= 15 is 0 Å². The lowest BCUT2D eigenvalue weighted by molar-refractivity contribution is -0.138. The lowest BCUT2D eigenvalue weighted by Crippen LogP contribution is -2.36. The summed E-state index contributed by atoms with van der Waals surface area (Å²) in [4.78, 5) is 47.7. The van der Waals surface area contributed by atoms with E-state index < -0.39 is 0 Å². The van der Waals surface area contributed by atoms with Crippen molar-refractivity contribution in [1.82, 2.24) is 29.7 Å². The van der Waals surface area contributed by atoms with Gasteiger partial charge in [-0.05, 0) is 107 Å². The first-order valence-electron chi connectivity index (χ1n) is 19.2. The third kappa shape index (κ3) is 6.16. The first-order valence-corrected chi connectivity index (χ1v) is 19.2. The van der Waals surface area contributed by atoms with E-state index in [1.165, 1.54) is 10.8 Å². The van der Waals surface area contributed by atoms with E-state index in [-0.39, 0.29) is 35.7 Å². The number of amides is 2. The second kappa shape index (κ2) is 13.5. The van der Waals surface area contributed by atoms with Crippen LogP contribution in [-0.2, 0) is 9.59 Å². The molecule has 4 aromatic carbocycles. The molecule has 2 aromatic heterocycles. The molecule has 2 N–H and O–H groups in total. The van der Waals surface area contributed by atoms with Gasteiger partial charge in [0, 0.05) is 24.9 Å². The van der Waals surface area contributed by atoms with E-state index in [0.717, 1.165) is 94.7 Å². The van der Waals surface area contributed by atoms with Gasteiger partial charge in [-0.25, -0.2) is 9.97 Å². The molecule has 0 bridgehead atoms. The number of carbonyl (C=O) groups excluding carboxylic acids is 2. The first-order chi connectivity index (χ1) is 25.0. The van der Waals surface area contributed by atoms with Crippen LogP contribution in [0.25, 0.3) is 55.1 Å². The number of fused-ring (bicyclic) bond motifs is 3. The van der Waals surface area contributed by atoms with Gasteiger partial charge in [0.25, 0.3) is 0 Å². The summed E-state index contributed by atoms with van der Waals surface area (Å²) in [6.07, 6.45) is 3.88. The molecule has 52 heavy (non-hydrogen) atoms. The van der Waals surface area contributed by atoms with E-state index in [2.05, 4.69) is 110 Å². The smallest absolute Gasteiger partial charge is 0.226 e. The van der Waals surface area contributed by atoms with Crippen molar-refractivity contribution in [1.29, 1.82) is 0 Å². The van der Waals surface area contributed by atoms with Crippen LogP contribution in [0.15, 0.2) is 72.8 Å². The number of hydrogen-bond acceptors (Lipinski definition) is 4. The quantitative estimate of drug-likeness (QED) is 0.166. The van der Waals surface area contributed by atoms with Gasteiger partial charge in [0.15, 0.2) is 0 Å². The van der Waals surface area contributed by atoms with Crippen molar-refractivity contribution in [3.8, 4) is 22.3 Å². The Hall–Kier alpha value is -4.98. The van der Waals surface area contributed by atoms with E-state index in [4.69, 9.17) is 9.97 Å². The molecule has 2 saturated heterocycles. The Balaban J connectivity index is 1.02. The Morgan fingerprint density at radius 2 is 0.962 bits per heavy atom. The number of imidazole rings is 2. The molecule has 6 aromatic rings. The lowest BCUT2D eigenvalue weighted by atomic mass is 9.96. The number of carbonyl (C=O) groups is 2. The maximum atomic E-state index is 13.3. The molecule has 0 spiro atoms. The number of benzene rings is 4.